The molecule has 1 unspecified atom stereocenters. The van der Waals surface area contributed by atoms with E-state index in [-0.39, 0.29) is 36.8 Å². The zero-order valence-electron chi connectivity index (χ0n) is 21.1. The molecular formula is C27H30N2O7S2. The van der Waals surface area contributed by atoms with Gasteiger partial charge in [0.15, 0.2) is 11.5 Å². The molecular weight excluding hydrogens is 528 g/mol. The number of carbonyl (C=O) groups is 1. The Bertz CT molecular complexity index is 1340. The minimum Gasteiger partial charge on any atom is -0.497 e. The number of benzene rings is 2. The van der Waals surface area contributed by atoms with E-state index >= 15 is 0 Å². The molecule has 1 atom stereocenters. The van der Waals surface area contributed by atoms with Crippen molar-refractivity contribution in [3.05, 3.63) is 70.4 Å². The van der Waals surface area contributed by atoms with Crippen LogP contribution < -0.4 is 14.2 Å². The fraction of sp³-hybridized carbons (Fsp3) is 0.370. The van der Waals surface area contributed by atoms with Crippen molar-refractivity contribution in [1.82, 2.24) is 9.21 Å². The van der Waals surface area contributed by atoms with E-state index in [0.29, 0.717) is 36.9 Å². The number of rotatable bonds is 11. The highest BCUT2D eigenvalue weighted by molar-refractivity contribution is 7.89. The molecule has 38 heavy (non-hydrogen) atoms. The summed E-state index contributed by atoms with van der Waals surface area (Å²) in [5, 5.41) is 1.95. The molecule has 3 heterocycles. The van der Waals surface area contributed by atoms with Crippen LogP contribution >= 0.6 is 11.3 Å². The molecule has 1 fully saturated rings. The molecule has 9 nitrogen and oxygen atoms in total. The van der Waals surface area contributed by atoms with Crippen molar-refractivity contribution in [2.45, 2.75) is 36.9 Å². The van der Waals surface area contributed by atoms with Gasteiger partial charge in [-0.15, -0.1) is 11.3 Å². The van der Waals surface area contributed by atoms with Crippen molar-refractivity contribution < 1.29 is 32.2 Å². The Hall–Kier alpha value is -3.12. The van der Waals surface area contributed by atoms with Gasteiger partial charge in [-0.05, 0) is 66.2 Å². The third-order valence-corrected chi connectivity index (χ3v) is 9.22. The summed E-state index contributed by atoms with van der Waals surface area (Å²) in [5.74, 6) is 1.55. The summed E-state index contributed by atoms with van der Waals surface area (Å²) in [6.07, 6.45) is 1.36. The van der Waals surface area contributed by atoms with E-state index in [9.17, 15) is 13.2 Å². The maximum absolute atomic E-state index is 13.8. The summed E-state index contributed by atoms with van der Waals surface area (Å²) in [5.41, 5.74) is 0.864. The van der Waals surface area contributed by atoms with E-state index in [1.807, 2.05) is 35.7 Å². The van der Waals surface area contributed by atoms with Crippen LogP contribution in [0.2, 0.25) is 0 Å². The molecule has 1 aromatic heterocycles. The Labute approximate surface area is 226 Å². The number of hydrogen-bond acceptors (Lipinski definition) is 8. The molecule has 11 heteroatoms. The first-order chi connectivity index (χ1) is 18.4. The van der Waals surface area contributed by atoms with Crippen molar-refractivity contribution in [1.29, 1.82) is 0 Å². The predicted octanol–water partition coefficient (Wildman–Crippen LogP) is 3.88. The molecule has 2 aliphatic rings. The molecule has 0 aliphatic carbocycles. The van der Waals surface area contributed by atoms with Crippen molar-refractivity contribution >= 4 is 27.3 Å². The molecule has 0 N–H and O–H groups in total. The van der Waals surface area contributed by atoms with Crippen LogP contribution in [0.5, 0.6) is 17.2 Å². The van der Waals surface area contributed by atoms with Crippen LogP contribution in [0.15, 0.2) is 64.9 Å². The van der Waals surface area contributed by atoms with Gasteiger partial charge >= 0.3 is 0 Å². The van der Waals surface area contributed by atoms with Crippen LogP contribution in [0.25, 0.3) is 0 Å². The number of carbonyl (C=O) groups excluding carboxylic acids is 1. The highest BCUT2D eigenvalue weighted by Crippen LogP contribution is 2.33. The van der Waals surface area contributed by atoms with Gasteiger partial charge in [-0.3, -0.25) is 4.79 Å². The van der Waals surface area contributed by atoms with Gasteiger partial charge in [-0.2, -0.15) is 4.31 Å². The summed E-state index contributed by atoms with van der Waals surface area (Å²) in [6.45, 7) is 1.22. The highest BCUT2D eigenvalue weighted by atomic mass is 32.2. The zero-order chi connectivity index (χ0) is 26.5. The lowest BCUT2D eigenvalue weighted by Crippen LogP contribution is -2.45. The number of ether oxygens (including phenoxy) is 4. The van der Waals surface area contributed by atoms with Gasteiger partial charge in [0.05, 0.1) is 31.2 Å². The minimum atomic E-state index is -3.97. The molecule has 1 saturated heterocycles. The van der Waals surface area contributed by atoms with E-state index in [1.165, 1.54) is 23.5 Å². The monoisotopic (exact) mass is 558 g/mol. The smallest absolute Gasteiger partial charge is 0.243 e. The van der Waals surface area contributed by atoms with Crippen molar-refractivity contribution in [2.75, 3.05) is 33.6 Å². The maximum atomic E-state index is 13.8. The number of methoxy groups -OCH3 is 1. The van der Waals surface area contributed by atoms with Crippen LogP contribution in [-0.4, -0.2) is 63.2 Å². The number of amides is 1. The van der Waals surface area contributed by atoms with E-state index in [4.69, 9.17) is 18.9 Å². The number of fused-ring (bicyclic) bond motifs is 1. The van der Waals surface area contributed by atoms with Gasteiger partial charge in [0.1, 0.15) is 5.75 Å². The standard InChI is InChI=1S/C27H30N2O7S2/c1-33-21-7-9-24(10-8-21)38(31,32)29(16-22-4-2-12-34-22)18-27(30)28(17-23-5-3-13-37-23)15-20-6-11-25-26(14-20)36-19-35-25/h3,5-11,13-14,22H,2,4,12,15-19H2,1H3. The Morgan fingerprint density at radius 1 is 1.08 bits per heavy atom. The molecule has 5 rings (SSSR count). The lowest BCUT2D eigenvalue weighted by molar-refractivity contribution is -0.132. The third kappa shape index (κ3) is 6.12. The van der Waals surface area contributed by atoms with E-state index < -0.39 is 10.0 Å². The summed E-state index contributed by atoms with van der Waals surface area (Å²) < 4.78 is 50.5. The maximum Gasteiger partial charge on any atom is 0.243 e. The molecule has 0 saturated carbocycles. The molecule has 2 aliphatic heterocycles. The Balaban J connectivity index is 1.40. The summed E-state index contributed by atoms with van der Waals surface area (Å²) in [4.78, 5) is 16.6. The minimum absolute atomic E-state index is 0.102. The van der Waals surface area contributed by atoms with Gasteiger partial charge in [0.2, 0.25) is 22.7 Å². The number of hydrogen-bond donors (Lipinski definition) is 0. The van der Waals surface area contributed by atoms with Crippen molar-refractivity contribution in [2.24, 2.45) is 0 Å². The van der Waals surface area contributed by atoms with Gasteiger partial charge < -0.3 is 23.8 Å². The van der Waals surface area contributed by atoms with E-state index in [1.54, 1.807) is 28.4 Å². The van der Waals surface area contributed by atoms with Crippen LogP contribution in [0, 0.1) is 0 Å². The lowest BCUT2D eigenvalue weighted by Gasteiger charge is -2.28. The van der Waals surface area contributed by atoms with Crippen LogP contribution in [0.3, 0.4) is 0 Å². The van der Waals surface area contributed by atoms with Gasteiger partial charge in [-0.25, -0.2) is 8.42 Å². The Morgan fingerprint density at radius 3 is 2.61 bits per heavy atom. The second kappa shape index (κ2) is 11.7. The molecule has 3 aromatic rings. The topological polar surface area (TPSA) is 94.6 Å². The fourth-order valence-corrected chi connectivity index (χ4v) is 6.63. The predicted molar refractivity (Wildman–Crippen MR) is 142 cm³/mol. The van der Waals surface area contributed by atoms with Gasteiger partial charge in [0, 0.05) is 24.6 Å². The summed E-state index contributed by atoms with van der Waals surface area (Å²) >= 11 is 1.55. The first-order valence-corrected chi connectivity index (χ1v) is 14.7. The van der Waals surface area contributed by atoms with Crippen LogP contribution in [0.1, 0.15) is 23.3 Å². The first-order valence-electron chi connectivity index (χ1n) is 12.4. The third-order valence-electron chi connectivity index (χ3n) is 6.53. The quantitative estimate of drug-likeness (QED) is 0.353. The average molecular weight is 559 g/mol. The SMILES string of the molecule is COc1ccc(S(=O)(=O)N(CC(=O)N(Cc2ccc3c(c2)OCO3)Cc2cccs2)CC2CCCO2)cc1. The molecule has 0 radical (unpaired) electrons. The largest absolute Gasteiger partial charge is 0.497 e. The average Bonchev–Trinajstić information content (AvgIpc) is 3.71. The van der Waals surface area contributed by atoms with E-state index in [0.717, 1.165) is 23.3 Å². The fourth-order valence-electron chi connectivity index (χ4n) is 4.49. The molecule has 0 bridgehead atoms. The molecule has 1 amide bonds. The Kier molecular flexibility index (Phi) is 8.18. The van der Waals surface area contributed by atoms with E-state index in [2.05, 4.69) is 0 Å². The van der Waals surface area contributed by atoms with Gasteiger partial charge in [-0.1, -0.05) is 12.1 Å². The second-order valence-corrected chi connectivity index (χ2v) is 12.1. The van der Waals surface area contributed by atoms with Crippen molar-refractivity contribution in [3.8, 4) is 17.2 Å². The lowest BCUT2D eigenvalue weighted by atomic mass is 10.2. The normalized spacial score (nSPS) is 16.6. The van der Waals surface area contributed by atoms with Gasteiger partial charge in [0.25, 0.3) is 0 Å². The van der Waals surface area contributed by atoms with Crippen LogP contribution in [0.4, 0.5) is 0 Å². The summed E-state index contributed by atoms with van der Waals surface area (Å²) in [7, 11) is -2.45. The number of thiophene rings is 1. The van der Waals surface area contributed by atoms with Crippen molar-refractivity contribution in [3.63, 3.8) is 0 Å². The summed E-state index contributed by atoms with van der Waals surface area (Å²) in [6, 6.07) is 15.7. The highest BCUT2D eigenvalue weighted by Gasteiger charge is 2.32. The zero-order valence-corrected chi connectivity index (χ0v) is 22.7. The van der Waals surface area contributed by atoms with Crippen LogP contribution in [-0.2, 0) is 32.6 Å². The first kappa shape index (κ1) is 26.5. The number of sulfonamides is 1. The molecule has 0 spiro atoms. The number of nitrogens with zero attached hydrogens (tertiary/aromatic N) is 2. The molecule has 202 valence electrons. The molecule has 2 aromatic carbocycles. The second-order valence-electron chi connectivity index (χ2n) is 9.12. The Morgan fingerprint density at radius 2 is 1.89 bits per heavy atom.